The fraction of sp³-hybridized carbons (Fsp3) is 0.462. The Kier molecular flexibility index (Phi) is 4.97. The highest BCUT2D eigenvalue weighted by Gasteiger charge is 2.26. The molecule has 0 saturated carbocycles. The van der Waals surface area contributed by atoms with Crippen molar-refractivity contribution in [3.63, 3.8) is 0 Å². The van der Waals surface area contributed by atoms with E-state index >= 15 is 0 Å². The van der Waals surface area contributed by atoms with Gasteiger partial charge in [-0.3, -0.25) is 4.79 Å². The first-order chi connectivity index (χ1) is 7.92. The lowest BCUT2D eigenvalue weighted by atomic mass is 10.1. The molecule has 0 heterocycles. The van der Waals surface area contributed by atoms with E-state index in [9.17, 15) is 4.79 Å². The van der Waals surface area contributed by atoms with E-state index in [-0.39, 0.29) is 5.97 Å². The molecule has 0 fully saturated rings. The van der Waals surface area contributed by atoms with Crippen molar-refractivity contribution in [1.82, 2.24) is 4.84 Å². The van der Waals surface area contributed by atoms with E-state index in [0.29, 0.717) is 6.42 Å². The van der Waals surface area contributed by atoms with E-state index in [0.717, 1.165) is 5.56 Å². The van der Waals surface area contributed by atoms with Crippen molar-refractivity contribution in [1.29, 1.82) is 0 Å². The highest BCUT2D eigenvalue weighted by Crippen LogP contribution is 2.11. The molecule has 1 aromatic carbocycles. The normalized spacial score (nSPS) is 13.2. The summed E-state index contributed by atoms with van der Waals surface area (Å²) in [4.78, 5) is 14.4. The molecule has 0 amide bonds. The molecule has 94 valence electrons. The zero-order chi connectivity index (χ0) is 12.9. The number of halogens is 1. The summed E-state index contributed by atoms with van der Waals surface area (Å²) in [7, 11) is 0. The molecule has 0 aromatic heterocycles. The van der Waals surface area contributed by atoms with Crippen LogP contribution in [0.3, 0.4) is 0 Å². The number of rotatable bonds is 4. The van der Waals surface area contributed by atoms with Gasteiger partial charge in [0.1, 0.15) is 5.60 Å². The monoisotopic (exact) mass is 256 g/mol. The topological polar surface area (TPSA) is 38.3 Å². The fourth-order valence-electron chi connectivity index (χ4n) is 1.40. The molecule has 1 aromatic rings. The van der Waals surface area contributed by atoms with Crippen LogP contribution in [0.5, 0.6) is 0 Å². The Morgan fingerprint density at radius 2 is 1.94 bits per heavy atom. The number of ether oxygens (including phenoxy) is 1. The smallest absolute Gasteiger partial charge is 0.329 e. The van der Waals surface area contributed by atoms with Gasteiger partial charge in [0.05, 0.1) is 0 Å². The molecule has 0 unspecified atom stereocenters. The average molecular weight is 257 g/mol. The molecule has 4 heteroatoms. The van der Waals surface area contributed by atoms with Crippen LogP contribution in [0.2, 0.25) is 0 Å². The molecule has 0 bridgehead atoms. The van der Waals surface area contributed by atoms with Gasteiger partial charge in [-0.2, -0.15) is 0 Å². The third-order valence-electron chi connectivity index (χ3n) is 2.12. The summed E-state index contributed by atoms with van der Waals surface area (Å²) in [5.74, 6) is -0.309. The third kappa shape index (κ3) is 5.20. The molecular weight excluding hydrogens is 238 g/mol. The quantitative estimate of drug-likeness (QED) is 0.659. The van der Waals surface area contributed by atoms with Crippen LogP contribution in [0, 0.1) is 11.8 Å². The molecule has 1 rings (SSSR count). The number of esters is 1. The lowest BCUT2D eigenvalue weighted by Gasteiger charge is -2.22. The van der Waals surface area contributed by atoms with Crippen LogP contribution < -0.4 is 4.84 Å². The zero-order valence-electron chi connectivity index (χ0n) is 10.4. The highest BCUT2D eigenvalue weighted by molar-refractivity contribution is 5.76. The molecule has 17 heavy (non-hydrogen) atoms. The molecular formula is C13H19ClNO2+. The first kappa shape index (κ1) is 14.0. The fourth-order valence-corrected chi connectivity index (χ4v) is 1.58. The van der Waals surface area contributed by atoms with Gasteiger partial charge in [-0.05, 0) is 26.3 Å². The van der Waals surface area contributed by atoms with Gasteiger partial charge in [-0.1, -0.05) is 35.2 Å². The number of hydrogen-bond donors (Lipinski definition) is 1. The first-order valence-electron chi connectivity index (χ1n) is 5.57. The van der Waals surface area contributed by atoms with Gasteiger partial charge in [-0.25, -0.2) is 0 Å². The van der Waals surface area contributed by atoms with Gasteiger partial charge in [0.2, 0.25) is 11.8 Å². The minimum absolute atomic E-state index is 0.309. The maximum absolute atomic E-state index is 11.8. The van der Waals surface area contributed by atoms with Crippen molar-refractivity contribution in [2.45, 2.75) is 38.8 Å². The molecule has 3 nitrogen and oxygen atoms in total. The van der Waals surface area contributed by atoms with E-state index in [2.05, 4.69) is 4.84 Å². The summed E-state index contributed by atoms with van der Waals surface area (Å²) >= 11 is 4.79. The summed E-state index contributed by atoms with van der Waals surface area (Å²) in [6.07, 6.45) is 0.541. The predicted octanol–water partition coefficient (Wildman–Crippen LogP) is 1.73. The minimum atomic E-state index is -0.488. The second kappa shape index (κ2) is 6.03. The summed E-state index contributed by atoms with van der Waals surface area (Å²) in [5, 5.41) is 0. The summed E-state index contributed by atoms with van der Waals surface area (Å²) in [6, 6.07) is 9.25. The molecule has 0 radical (unpaired) electrons. The number of hydrogen-bond acceptors (Lipinski definition) is 3. The van der Waals surface area contributed by atoms with Crippen molar-refractivity contribution >= 4 is 5.97 Å². The van der Waals surface area contributed by atoms with Crippen LogP contribution in [0.25, 0.3) is 0 Å². The second-order valence-corrected chi connectivity index (χ2v) is 5.13. The molecule has 0 saturated heterocycles. The van der Waals surface area contributed by atoms with Crippen LogP contribution in [0.4, 0.5) is 0 Å². The van der Waals surface area contributed by atoms with E-state index < -0.39 is 11.6 Å². The van der Waals surface area contributed by atoms with Crippen LogP contribution >= 0.6 is 0 Å². The molecule has 0 aliphatic rings. The molecule has 0 spiro atoms. The van der Waals surface area contributed by atoms with Gasteiger partial charge < -0.3 is 4.74 Å². The zero-order valence-corrected chi connectivity index (χ0v) is 11.2. The lowest BCUT2D eigenvalue weighted by molar-refractivity contribution is -0.449. The Morgan fingerprint density at radius 1 is 1.35 bits per heavy atom. The van der Waals surface area contributed by atoms with Crippen molar-refractivity contribution < 1.29 is 21.3 Å². The van der Waals surface area contributed by atoms with Crippen LogP contribution in [0.1, 0.15) is 26.3 Å². The van der Waals surface area contributed by atoms with E-state index in [1.54, 1.807) is 0 Å². The van der Waals surface area contributed by atoms with Gasteiger partial charge in [-0.15, -0.1) is 0 Å². The van der Waals surface area contributed by atoms with E-state index in [4.69, 9.17) is 16.5 Å². The van der Waals surface area contributed by atoms with Gasteiger partial charge in [0.15, 0.2) is 6.04 Å². The van der Waals surface area contributed by atoms with Crippen molar-refractivity contribution in [3.8, 4) is 0 Å². The Balaban J connectivity index is 2.63. The lowest BCUT2D eigenvalue weighted by Crippen LogP contribution is -2.40. The minimum Gasteiger partial charge on any atom is -0.459 e. The first-order valence-corrected chi connectivity index (χ1v) is 5.97. The summed E-state index contributed by atoms with van der Waals surface area (Å²) < 4.78 is 5.29. The molecule has 0 aliphatic carbocycles. The van der Waals surface area contributed by atoms with E-state index in [1.807, 2.05) is 51.1 Å². The maximum atomic E-state index is 11.8. The van der Waals surface area contributed by atoms with Gasteiger partial charge in [0.25, 0.3) is 0 Å². The van der Waals surface area contributed by atoms with Gasteiger partial charge in [0, 0.05) is 6.42 Å². The Morgan fingerprint density at radius 3 is 2.41 bits per heavy atom. The van der Waals surface area contributed by atoms with Crippen molar-refractivity contribution in [2.24, 2.45) is 0 Å². The largest absolute Gasteiger partial charge is 0.459 e. The van der Waals surface area contributed by atoms with Crippen LogP contribution in [-0.2, 0) is 16.0 Å². The number of carbonyl (C=O) groups excluding carboxylic acids is 1. The number of nitrogens with one attached hydrogen (secondary N) is 1. The highest BCUT2D eigenvalue weighted by atomic mass is 35.5. The Labute approximate surface area is 107 Å². The molecule has 1 atom stereocenters. The van der Waals surface area contributed by atoms with Crippen molar-refractivity contribution in [2.75, 3.05) is 0 Å². The van der Waals surface area contributed by atoms with Crippen molar-refractivity contribution in [3.05, 3.63) is 35.9 Å². The Hall–Kier alpha value is -1.06. The average Bonchev–Trinajstić information content (AvgIpc) is 2.24. The third-order valence-corrected chi connectivity index (χ3v) is 2.40. The predicted molar refractivity (Wildman–Crippen MR) is 64.3 cm³/mol. The molecule has 0 aliphatic heterocycles. The number of benzene rings is 1. The van der Waals surface area contributed by atoms with Crippen LogP contribution in [-0.4, -0.2) is 17.6 Å². The SMILES string of the molecule is CC(C)(C)OC(=O)[C@@H](Cc1ccccc1)N[ClH+]. The summed E-state index contributed by atoms with van der Waals surface area (Å²) in [6.45, 7) is 5.52. The Bertz CT molecular complexity index is 359. The van der Waals surface area contributed by atoms with Crippen LogP contribution in [0.15, 0.2) is 30.3 Å². The second-order valence-electron chi connectivity index (χ2n) is 4.89. The van der Waals surface area contributed by atoms with E-state index in [1.165, 1.54) is 0 Å². The number of carbonyl (C=O) groups is 1. The summed E-state index contributed by atoms with van der Waals surface area (Å²) in [5.41, 5.74) is 0.568. The maximum Gasteiger partial charge on any atom is 0.329 e. The molecule has 1 N–H and O–H groups in total. The van der Waals surface area contributed by atoms with Gasteiger partial charge >= 0.3 is 5.97 Å². The standard InChI is InChI=1S/C13H19ClNO2/c1-13(2,3)17-12(16)11(15-14)9-10-7-5-4-6-8-10/h4-8,11,14-15H,9H2,1-3H3/q+1/t11-/m1/s1.